The number of rotatable bonds is 5. The summed E-state index contributed by atoms with van der Waals surface area (Å²) in [5, 5.41) is 0. The molecule has 1 atom stereocenters. The average Bonchev–Trinajstić information content (AvgIpc) is 3.30. The van der Waals surface area contributed by atoms with Crippen LogP contribution in [0.15, 0.2) is 24.3 Å². The maximum atomic E-state index is 13.9. The van der Waals surface area contributed by atoms with Crippen molar-refractivity contribution in [3.8, 4) is 0 Å². The van der Waals surface area contributed by atoms with E-state index in [-0.39, 0.29) is 41.9 Å². The Morgan fingerprint density at radius 2 is 1.32 bits per heavy atom. The average molecular weight is 434 g/mol. The highest BCUT2D eigenvalue weighted by Gasteiger charge is 2.30. The Labute approximate surface area is 177 Å². The lowest BCUT2D eigenvalue weighted by Gasteiger charge is -2.21. The minimum atomic E-state index is -0.728. The lowest BCUT2D eigenvalue weighted by Crippen LogP contribution is -2.31. The molecule has 0 aromatic heterocycles. The molecule has 2 aromatic rings. The van der Waals surface area contributed by atoms with E-state index >= 15 is 0 Å². The molecule has 0 radical (unpaired) electrons. The van der Waals surface area contributed by atoms with Crippen LogP contribution in [0.2, 0.25) is 0 Å². The highest BCUT2D eigenvalue weighted by molar-refractivity contribution is 5.96. The molecular weight excluding hydrogens is 412 g/mol. The molecule has 164 valence electrons. The molecule has 4 nitrogen and oxygen atoms in total. The molecule has 2 aliphatic rings. The van der Waals surface area contributed by atoms with Crippen LogP contribution in [0.1, 0.15) is 37.3 Å². The number of benzene rings is 2. The second kappa shape index (κ2) is 8.32. The van der Waals surface area contributed by atoms with E-state index in [9.17, 15) is 27.2 Å². The fourth-order valence-electron chi connectivity index (χ4n) is 4.38. The van der Waals surface area contributed by atoms with E-state index in [1.807, 2.05) is 6.92 Å². The van der Waals surface area contributed by atoms with Crippen LogP contribution < -0.4 is 9.80 Å². The summed E-state index contributed by atoms with van der Waals surface area (Å²) in [6.07, 6.45) is 1.34. The van der Waals surface area contributed by atoms with E-state index in [1.165, 1.54) is 21.9 Å². The Morgan fingerprint density at radius 1 is 0.839 bits per heavy atom. The molecule has 8 heteroatoms. The van der Waals surface area contributed by atoms with Gasteiger partial charge in [0.15, 0.2) is 0 Å². The second-order valence-electron chi connectivity index (χ2n) is 8.21. The van der Waals surface area contributed by atoms with Gasteiger partial charge < -0.3 is 9.80 Å². The molecule has 0 bridgehead atoms. The van der Waals surface area contributed by atoms with Crippen molar-refractivity contribution < 1.29 is 27.2 Å². The lowest BCUT2D eigenvalue weighted by molar-refractivity contribution is -0.121. The van der Waals surface area contributed by atoms with E-state index in [0.717, 1.165) is 12.1 Å². The van der Waals surface area contributed by atoms with Crippen molar-refractivity contribution in [3.63, 3.8) is 0 Å². The summed E-state index contributed by atoms with van der Waals surface area (Å²) in [5.74, 6) is -3.41. The van der Waals surface area contributed by atoms with Gasteiger partial charge in [-0.1, -0.05) is 6.92 Å². The quantitative estimate of drug-likeness (QED) is 0.649. The number of nitrogens with zero attached hydrogens (tertiary/aromatic N) is 2. The Morgan fingerprint density at radius 3 is 1.84 bits per heavy atom. The van der Waals surface area contributed by atoms with Gasteiger partial charge in [0.05, 0.1) is 11.4 Å². The molecule has 0 spiro atoms. The SMILES string of the molecule is CC(CCC(=O)N1CCc2c(F)cc(F)cc21)CC(=O)N1CCc2c(F)cc(F)cc21. The maximum Gasteiger partial charge on any atom is 0.227 e. The van der Waals surface area contributed by atoms with Crippen LogP contribution in [-0.4, -0.2) is 24.9 Å². The van der Waals surface area contributed by atoms with Crippen molar-refractivity contribution in [1.82, 2.24) is 0 Å². The van der Waals surface area contributed by atoms with Crippen molar-refractivity contribution in [2.75, 3.05) is 22.9 Å². The first-order chi connectivity index (χ1) is 14.7. The molecule has 0 N–H and O–H groups in total. The maximum absolute atomic E-state index is 13.9. The van der Waals surface area contributed by atoms with Crippen molar-refractivity contribution in [2.45, 2.75) is 39.0 Å². The van der Waals surface area contributed by atoms with Gasteiger partial charge in [0, 0.05) is 49.2 Å². The molecule has 0 saturated heterocycles. The highest BCUT2D eigenvalue weighted by Crippen LogP contribution is 2.33. The molecule has 1 unspecified atom stereocenters. The molecule has 2 aliphatic heterocycles. The molecule has 0 saturated carbocycles. The molecule has 2 heterocycles. The third kappa shape index (κ3) is 4.16. The molecule has 4 rings (SSSR count). The highest BCUT2D eigenvalue weighted by atomic mass is 19.1. The minimum absolute atomic E-state index is 0.130. The van der Waals surface area contributed by atoms with Gasteiger partial charge in [-0.2, -0.15) is 0 Å². The Bertz CT molecular complexity index is 1060. The number of carbonyl (C=O) groups excluding carboxylic acids is 2. The second-order valence-corrected chi connectivity index (χ2v) is 8.21. The first-order valence-electron chi connectivity index (χ1n) is 10.3. The van der Waals surface area contributed by atoms with Crippen molar-refractivity contribution in [3.05, 3.63) is 58.7 Å². The molecular formula is C23H22F4N2O2. The zero-order chi connectivity index (χ0) is 22.3. The fourth-order valence-corrected chi connectivity index (χ4v) is 4.38. The zero-order valence-corrected chi connectivity index (χ0v) is 17.1. The largest absolute Gasteiger partial charge is 0.312 e. The Kier molecular flexibility index (Phi) is 5.73. The Hall–Kier alpha value is -2.90. The van der Waals surface area contributed by atoms with Crippen LogP contribution in [0.3, 0.4) is 0 Å². The van der Waals surface area contributed by atoms with E-state index < -0.39 is 23.3 Å². The minimum Gasteiger partial charge on any atom is -0.312 e. The third-order valence-corrected chi connectivity index (χ3v) is 6.00. The summed E-state index contributed by atoms with van der Waals surface area (Å²) in [7, 11) is 0. The molecule has 0 aliphatic carbocycles. The van der Waals surface area contributed by atoms with E-state index in [0.29, 0.717) is 43.5 Å². The summed E-state index contributed by atoms with van der Waals surface area (Å²) in [6.45, 7) is 2.41. The molecule has 2 aromatic carbocycles. The van der Waals surface area contributed by atoms with Crippen LogP contribution in [0.25, 0.3) is 0 Å². The van der Waals surface area contributed by atoms with Crippen LogP contribution >= 0.6 is 0 Å². The van der Waals surface area contributed by atoms with Crippen molar-refractivity contribution >= 4 is 23.2 Å². The van der Waals surface area contributed by atoms with Gasteiger partial charge in [-0.25, -0.2) is 17.6 Å². The standard InChI is InChI=1S/C23H22F4N2O2/c1-13(8-23(31)29-7-5-17-19(27)10-15(25)12-21(17)29)2-3-22(30)28-6-4-16-18(26)9-14(24)11-20(16)28/h9-13H,2-8H2,1H3. The molecule has 2 amide bonds. The van der Waals surface area contributed by atoms with E-state index in [2.05, 4.69) is 0 Å². The van der Waals surface area contributed by atoms with Crippen LogP contribution in [-0.2, 0) is 22.4 Å². The number of hydrogen-bond acceptors (Lipinski definition) is 2. The van der Waals surface area contributed by atoms with Crippen LogP contribution in [0.4, 0.5) is 28.9 Å². The smallest absolute Gasteiger partial charge is 0.227 e. The Balaban J connectivity index is 1.35. The van der Waals surface area contributed by atoms with Gasteiger partial charge >= 0.3 is 0 Å². The number of carbonyl (C=O) groups is 2. The van der Waals surface area contributed by atoms with Gasteiger partial charge in [0.2, 0.25) is 11.8 Å². The van der Waals surface area contributed by atoms with Crippen LogP contribution in [0, 0.1) is 29.2 Å². The number of fused-ring (bicyclic) bond motifs is 2. The van der Waals surface area contributed by atoms with Gasteiger partial charge in [0.1, 0.15) is 23.3 Å². The van der Waals surface area contributed by atoms with Gasteiger partial charge in [0.25, 0.3) is 0 Å². The predicted octanol–water partition coefficient (Wildman–Crippen LogP) is 4.53. The number of anilines is 2. The summed E-state index contributed by atoms with van der Waals surface area (Å²) < 4.78 is 54.9. The number of amides is 2. The summed E-state index contributed by atoms with van der Waals surface area (Å²) >= 11 is 0. The van der Waals surface area contributed by atoms with Crippen molar-refractivity contribution in [2.24, 2.45) is 5.92 Å². The first-order valence-corrected chi connectivity index (χ1v) is 10.3. The number of halogens is 4. The number of hydrogen-bond donors (Lipinski definition) is 0. The third-order valence-electron chi connectivity index (χ3n) is 6.00. The molecule has 31 heavy (non-hydrogen) atoms. The topological polar surface area (TPSA) is 40.6 Å². The normalized spacial score (nSPS) is 15.8. The van der Waals surface area contributed by atoms with Gasteiger partial charge in [-0.15, -0.1) is 0 Å². The van der Waals surface area contributed by atoms with E-state index in [1.54, 1.807) is 0 Å². The zero-order valence-electron chi connectivity index (χ0n) is 17.1. The lowest BCUT2D eigenvalue weighted by atomic mass is 10.0. The van der Waals surface area contributed by atoms with Gasteiger partial charge in [-0.05, 0) is 37.3 Å². The van der Waals surface area contributed by atoms with E-state index in [4.69, 9.17) is 0 Å². The summed E-state index contributed by atoms with van der Waals surface area (Å²) in [6, 6.07) is 3.96. The fraction of sp³-hybridized carbons (Fsp3) is 0.391. The monoisotopic (exact) mass is 434 g/mol. The summed E-state index contributed by atoms with van der Waals surface area (Å²) in [5.41, 5.74) is 1.21. The van der Waals surface area contributed by atoms with Crippen LogP contribution in [0.5, 0.6) is 0 Å². The summed E-state index contributed by atoms with van der Waals surface area (Å²) in [4.78, 5) is 28.1. The first kappa shape index (κ1) is 21.3. The molecule has 0 fully saturated rings. The van der Waals surface area contributed by atoms with Gasteiger partial charge in [-0.3, -0.25) is 9.59 Å². The van der Waals surface area contributed by atoms with Crippen molar-refractivity contribution in [1.29, 1.82) is 0 Å². The predicted molar refractivity (Wildman–Crippen MR) is 108 cm³/mol.